The molecule has 7 nitrogen and oxygen atoms in total. The third kappa shape index (κ3) is 4.38. The fraction of sp³-hybridized carbons (Fsp3) is 0.150. The average Bonchev–Trinajstić information content (AvgIpc) is 3.00. The van der Waals surface area contributed by atoms with E-state index >= 15 is 0 Å². The van der Waals surface area contributed by atoms with Crippen LogP contribution in [0.2, 0.25) is 5.15 Å². The zero-order chi connectivity index (χ0) is 21.0. The number of amides is 1. The lowest BCUT2D eigenvalue weighted by Gasteiger charge is -2.12. The lowest BCUT2D eigenvalue weighted by molar-refractivity contribution is -0.121. The van der Waals surface area contributed by atoms with Gasteiger partial charge in [-0.1, -0.05) is 17.7 Å². The Bertz CT molecular complexity index is 998. The van der Waals surface area contributed by atoms with Crippen molar-refractivity contribution in [3.05, 3.63) is 58.7 Å². The summed E-state index contributed by atoms with van der Waals surface area (Å²) in [6, 6.07) is 6.67. The number of nitrogens with zero attached hydrogens (tertiary/aromatic N) is 3. The summed E-state index contributed by atoms with van der Waals surface area (Å²) in [5.74, 6) is 0.153. The van der Waals surface area contributed by atoms with Crippen molar-refractivity contribution in [2.45, 2.75) is 0 Å². The van der Waals surface area contributed by atoms with Gasteiger partial charge >= 0.3 is 0 Å². The molecule has 2 heterocycles. The first-order chi connectivity index (χ1) is 14.0. The van der Waals surface area contributed by atoms with E-state index in [1.807, 2.05) is 0 Å². The molecule has 150 valence electrons. The Labute approximate surface area is 177 Å². The van der Waals surface area contributed by atoms with E-state index in [9.17, 15) is 9.90 Å². The molecule has 0 radical (unpaired) electrons. The van der Waals surface area contributed by atoms with E-state index in [-0.39, 0.29) is 28.3 Å². The summed E-state index contributed by atoms with van der Waals surface area (Å²) in [6.07, 6.45) is 4.87. The zero-order valence-electron chi connectivity index (χ0n) is 15.8. The zero-order valence-corrected chi connectivity index (χ0v) is 17.3. The van der Waals surface area contributed by atoms with Crippen LogP contribution in [0.25, 0.3) is 6.08 Å². The molecule has 2 aromatic rings. The van der Waals surface area contributed by atoms with Gasteiger partial charge in [-0.3, -0.25) is 9.69 Å². The van der Waals surface area contributed by atoms with Gasteiger partial charge in [-0.05, 0) is 47.7 Å². The SMILES string of the molecule is C=CCN1C(=O)/C(=C/c2cc(OC)c(O)c(OC)c2)SC1=Nc1cccnc1Cl. The van der Waals surface area contributed by atoms with Crippen LogP contribution in [-0.4, -0.2) is 46.8 Å². The quantitative estimate of drug-likeness (QED) is 0.418. The molecule has 0 saturated carbocycles. The number of hydrogen-bond donors (Lipinski definition) is 1. The molecule has 29 heavy (non-hydrogen) atoms. The molecule has 0 unspecified atom stereocenters. The third-order valence-electron chi connectivity index (χ3n) is 3.96. The third-order valence-corrected chi connectivity index (χ3v) is 5.25. The van der Waals surface area contributed by atoms with Gasteiger partial charge in [0.25, 0.3) is 5.91 Å². The molecule has 1 aromatic carbocycles. The van der Waals surface area contributed by atoms with E-state index in [4.69, 9.17) is 21.1 Å². The van der Waals surface area contributed by atoms with Crippen molar-refractivity contribution in [2.75, 3.05) is 20.8 Å². The molecule has 0 spiro atoms. The van der Waals surface area contributed by atoms with E-state index < -0.39 is 0 Å². The number of hydrogen-bond acceptors (Lipinski definition) is 7. The summed E-state index contributed by atoms with van der Waals surface area (Å²) in [5.41, 5.74) is 1.10. The number of ether oxygens (including phenoxy) is 2. The minimum atomic E-state index is -0.223. The van der Waals surface area contributed by atoms with E-state index in [0.29, 0.717) is 27.9 Å². The Kier molecular flexibility index (Phi) is 6.46. The Hall–Kier alpha value is -2.97. The molecule has 9 heteroatoms. The molecule has 1 aliphatic heterocycles. The standard InChI is InChI=1S/C20H18ClN3O4S/c1-4-8-24-19(26)16(29-20(24)23-13-6-5-7-22-18(13)21)11-12-9-14(27-2)17(25)15(10-12)28-3/h4-7,9-11,25H,1,8H2,2-3H3/b16-11-,23-20?. The van der Waals surface area contributed by atoms with Crippen LogP contribution in [-0.2, 0) is 4.79 Å². The number of thioether (sulfide) groups is 1. The largest absolute Gasteiger partial charge is 0.502 e. The summed E-state index contributed by atoms with van der Waals surface area (Å²) in [4.78, 5) is 23.4. The van der Waals surface area contributed by atoms with Crippen LogP contribution in [0.15, 0.2) is 53.0 Å². The molecular formula is C20H18ClN3O4S. The highest BCUT2D eigenvalue weighted by Gasteiger charge is 2.33. The normalized spacial score (nSPS) is 16.5. The minimum Gasteiger partial charge on any atom is -0.502 e. The summed E-state index contributed by atoms with van der Waals surface area (Å²) >= 11 is 7.30. The number of pyridine rings is 1. The minimum absolute atomic E-state index is 0.107. The first kappa shape index (κ1) is 20.8. The lowest BCUT2D eigenvalue weighted by Crippen LogP contribution is -2.29. The van der Waals surface area contributed by atoms with Crippen molar-refractivity contribution in [3.8, 4) is 17.2 Å². The number of aliphatic imine (C=N–C) groups is 1. The number of carbonyl (C=O) groups excluding carboxylic acids is 1. The molecule has 1 fully saturated rings. The number of aromatic nitrogens is 1. The highest BCUT2D eigenvalue weighted by Crippen LogP contribution is 2.40. The number of benzene rings is 1. The number of phenolic OH excluding ortho intramolecular Hbond substituents is 1. The first-order valence-electron chi connectivity index (χ1n) is 8.45. The van der Waals surface area contributed by atoms with E-state index in [2.05, 4.69) is 16.6 Å². The molecule has 1 aliphatic rings. The van der Waals surface area contributed by atoms with Gasteiger partial charge in [-0.25, -0.2) is 9.98 Å². The second-order valence-corrected chi connectivity index (χ2v) is 7.16. The Morgan fingerprint density at radius 1 is 1.34 bits per heavy atom. The second-order valence-electron chi connectivity index (χ2n) is 5.80. The van der Waals surface area contributed by atoms with Crippen molar-refractivity contribution in [1.82, 2.24) is 9.88 Å². The topological polar surface area (TPSA) is 84.2 Å². The van der Waals surface area contributed by atoms with Crippen LogP contribution < -0.4 is 9.47 Å². The van der Waals surface area contributed by atoms with Crippen molar-refractivity contribution in [2.24, 2.45) is 4.99 Å². The summed E-state index contributed by atoms with van der Waals surface area (Å²) in [7, 11) is 2.88. The van der Waals surface area contributed by atoms with Crippen LogP contribution in [0.5, 0.6) is 17.2 Å². The first-order valence-corrected chi connectivity index (χ1v) is 9.64. The monoisotopic (exact) mass is 431 g/mol. The number of aromatic hydroxyl groups is 1. The van der Waals surface area contributed by atoms with Gasteiger partial charge in [0.1, 0.15) is 5.69 Å². The number of halogens is 1. The van der Waals surface area contributed by atoms with Gasteiger partial charge < -0.3 is 14.6 Å². The second kappa shape index (κ2) is 9.02. The van der Waals surface area contributed by atoms with Crippen LogP contribution in [0.3, 0.4) is 0 Å². The van der Waals surface area contributed by atoms with E-state index in [0.717, 1.165) is 0 Å². The Morgan fingerprint density at radius 2 is 2.03 bits per heavy atom. The van der Waals surface area contributed by atoms with Crippen molar-refractivity contribution < 1.29 is 19.4 Å². The van der Waals surface area contributed by atoms with Crippen molar-refractivity contribution in [3.63, 3.8) is 0 Å². The fourth-order valence-electron chi connectivity index (χ4n) is 2.59. The van der Waals surface area contributed by atoms with Crippen molar-refractivity contribution in [1.29, 1.82) is 0 Å². The summed E-state index contributed by atoms with van der Waals surface area (Å²) in [5, 5.41) is 10.8. The van der Waals surface area contributed by atoms with Gasteiger partial charge in [-0.15, -0.1) is 6.58 Å². The van der Waals surface area contributed by atoms with Crippen molar-refractivity contribution >= 4 is 46.2 Å². The summed E-state index contributed by atoms with van der Waals surface area (Å²) < 4.78 is 10.3. The number of amidine groups is 1. The number of methoxy groups -OCH3 is 2. The average molecular weight is 432 g/mol. The number of carbonyl (C=O) groups is 1. The Balaban J connectivity index is 2.02. The van der Waals surface area contributed by atoms with Gasteiger partial charge in [0.2, 0.25) is 5.75 Å². The predicted octanol–water partition coefficient (Wildman–Crippen LogP) is 4.25. The maximum Gasteiger partial charge on any atom is 0.267 e. The Morgan fingerprint density at radius 3 is 2.62 bits per heavy atom. The molecule has 1 saturated heterocycles. The molecule has 1 N–H and O–H groups in total. The number of phenols is 1. The van der Waals surface area contributed by atoms with Crippen LogP contribution in [0.4, 0.5) is 5.69 Å². The van der Waals surface area contributed by atoms with Crippen LogP contribution >= 0.6 is 23.4 Å². The van der Waals surface area contributed by atoms with Gasteiger partial charge in [0.05, 0.1) is 19.1 Å². The number of rotatable bonds is 6. The maximum absolute atomic E-state index is 12.9. The van der Waals surface area contributed by atoms with E-state index in [1.165, 1.54) is 30.9 Å². The molecule has 3 rings (SSSR count). The smallest absolute Gasteiger partial charge is 0.267 e. The molecule has 1 aromatic heterocycles. The molecule has 0 aliphatic carbocycles. The highest BCUT2D eigenvalue weighted by atomic mass is 35.5. The highest BCUT2D eigenvalue weighted by molar-refractivity contribution is 8.18. The predicted molar refractivity (Wildman–Crippen MR) is 115 cm³/mol. The van der Waals surface area contributed by atoms with Crippen LogP contribution in [0, 0.1) is 0 Å². The summed E-state index contributed by atoms with van der Waals surface area (Å²) in [6.45, 7) is 4.00. The van der Waals surface area contributed by atoms with E-state index in [1.54, 1.807) is 42.6 Å². The maximum atomic E-state index is 12.9. The van der Waals surface area contributed by atoms with Gasteiger partial charge in [0.15, 0.2) is 21.8 Å². The molecular weight excluding hydrogens is 414 g/mol. The molecule has 1 amide bonds. The van der Waals surface area contributed by atoms with Crippen LogP contribution in [0.1, 0.15) is 5.56 Å². The fourth-order valence-corrected chi connectivity index (χ4v) is 3.76. The molecule has 0 atom stereocenters. The molecule has 0 bridgehead atoms. The van der Waals surface area contributed by atoms with Gasteiger partial charge in [0, 0.05) is 12.7 Å². The van der Waals surface area contributed by atoms with Gasteiger partial charge in [-0.2, -0.15) is 0 Å². The lowest BCUT2D eigenvalue weighted by atomic mass is 10.1.